The Balaban J connectivity index is 2.55. The van der Waals surface area contributed by atoms with E-state index in [1.165, 1.54) is 18.6 Å². The highest BCUT2D eigenvalue weighted by atomic mass is 16.6. The van der Waals surface area contributed by atoms with Crippen molar-refractivity contribution in [3.05, 3.63) is 30.0 Å². The Morgan fingerprint density at radius 1 is 1.19 bits per heavy atom. The maximum Gasteiger partial charge on any atom is 0.418 e. The molecule has 0 aliphatic heterocycles. The quantitative estimate of drug-likeness (QED) is 0.792. The van der Waals surface area contributed by atoms with E-state index in [1.54, 1.807) is 45.2 Å². The lowest BCUT2D eigenvalue weighted by atomic mass is 10.1. The molecule has 1 aromatic heterocycles. The summed E-state index contributed by atoms with van der Waals surface area (Å²) in [7, 11) is 1.51. The third-order valence-corrected chi connectivity index (χ3v) is 2.98. The largest absolute Gasteiger partial charge is 0.496 e. The predicted octanol–water partition coefficient (Wildman–Crippen LogP) is 3.64. The zero-order valence-corrected chi connectivity index (χ0v) is 12.9. The highest BCUT2D eigenvalue weighted by Gasteiger charge is 2.20. The van der Waals surface area contributed by atoms with Gasteiger partial charge in [-0.25, -0.2) is 4.79 Å². The Bertz CT molecular complexity index is 707. The zero-order valence-electron chi connectivity index (χ0n) is 12.9. The molecule has 1 aromatic carbocycles. The molecule has 0 unspecified atom stereocenters. The molecule has 0 radical (unpaired) electrons. The summed E-state index contributed by atoms with van der Waals surface area (Å²) in [6, 6.07) is 5.18. The predicted molar refractivity (Wildman–Crippen MR) is 80.1 cm³/mol. The van der Waals surface area contributed by atoms with Gasteiger partial charge in [0.05, 0.1) is 18.2 Å². The SMILES string of the molecule is COc1cc2ccn(C(=O)OC(C)(C)C)c2cc1C(C)=O. The molecule has 21 heavy (non-hydrogen) atoms. The van der Waals surface area contributed by atoms with Gasteiger partial charge in [0.1, 0.15) is 11.4 Å². The second kappa shape index (κ2) is 5.24. The van der Waals surface area contributed by atoms with Crippen LogP contribution in [0, 0.1) is 0 Å². The van der Waals surface area contributed by atoms with Crippen molar-refractivity contribution >= 4 is 22.8 Å². The Labute approximate surface area is 123 Å². The summed E-state index contributed by atoms with van der Waals surface area (Å²) in [4.78, 5) is 23.9. The Hall–Kier alpha value is -2.30. The zero-order chi connectivity index (χ0) is 15.8. The minimum atomic E-state index is -0.580. The number of ketones is 1. The summed E-state index contributed by atoms with van der Waals surface area (Å²) < 4.78 is 12.0. The molecule has 2 rings (SSSR count). The van der Waals surface area contributed by atoms with Gasteiger partial charge >= 0.3 is 6.09 Å². The molecule has 5 nitrogen and oxygen atoms in total. The molecule has 0 saturated carbocycles. The highest BCUT2D eigenvalue weighted by Crippen LogP contribution is 2.27. The number of ether oxygens (including phenoxy) is 2. The number of carbonyl (C=O) groups is 2. The number of hydrogen-bond acceptors (Lipinski definition) is 4. The number of methoxy groups -OCH3 is 1. The number of aromatic nitrogens is 1. The van der Waals surface area contributed by atoms with Crippen molar-refractivity contribution in [3.8, 4) is 5.75 Å². The average molecular weight is 289 g/mol. The van der Waals surface area contributed by atoms with Gasteiger partial charge in [-0.1, -0.05) is 0 Å². The van der Waals surface area contributed by atoms with Crippen LogP contribution in [0.25, 0.3) is 10.9 Å². The summed E-state index contributed by atoms with van der Waals surface area (Å²) in [6.45, 7) is 6.88. The van der Waals surface area contributed by atoms with E-state index in [0.717, 1.165) is 5.39 Å². The van der Waals surface area contributed by atoms with E-state index in [0.29, 0.717) is 16.8 Å². The van der Waals surface area contributed by atoms with Gasteiger partial charge < -0.3 is 9.47 Å². The standard InChI is InChI=1S/C16H19NO4/c1-10(18)12-9-13-11(8-14(12)20-5)6-7-17(13)15(19)21-16(2,3)4/h6-9H,1-5H3. The number of fused-ring (bicyclic) bond motifs is 1. The fraction of sp³-hybridized carbons (Fsp3) is 0.375. The molecule has 0 aliphatic carbocycles. The third-order valence-electron chi connectivity index (χ3n) is 2.98. The summed E-state index contributed by atoms with van der Waals surface area (Å²) >= 11 is 0. The first kappa shape index (κ1) is 15.1. The first-order valence-corrected chi connectivity index (χ1v) is 6.66. The minimum absolute atomic E-state index is 0.120. The van der Waals surface area contributed by atoms with E-state index in [4.69, 9.17) is 9.47 Å². The maximum atomic E-state index is 12.2. The number of rotatable bonds is 2. The van der Waals surface area contributed by atoms with Crippen LogP contribution in [0.2, 0.25) is 0 Å². The second-order valence-corrected chi connectivity index (χ2v) is 5.83. The van der Waals surface area contributed by atoms with Gasteiger partial charge in [-0.2, -0.15) is 0 Å². The fourth-order valence-corrected chi connectivity index (χ4v) is 2.08. The maximum absolute atomic E-state index is 12.2. The number of hydrogen-bond donors (Lipinski definition) is 0. The summed E-state index contributed by atoms with van der Waals surface area (Å²) in [6.07, 6.45) is 1.15. The van der Waals surface area contributed by atoms with Gasteiger partial charge in [-0.15, -0.1) is 0 Å². The molecular weight excluding hydrogens is 270 g/mol. The second-order valence-electron chi connectivity index (χ2n) is 5.83. The smallest absolute Gasteiger partial charge is 0.418 e. The van der Waals surface area contributed by atoms with E-state index in [9.17, 15) is 9.59 Å². The van der Waals surface area contributed by atoms with E-state index in [1.807, 2.05) is 0 Å². The van der Waals surface area contributed by atoms with Crippen LogP contribution in [0.3, 0.4) is 0 Å². The van der Waals surface area contributed by atoms with Gasteiger partial charge in [0, 0.05) is 11.6 Å². The van der Waals surface area contributed by atoms with Crippen molar-refractivity contribution in [2.45, 2.75) is 33.3 Å². The molecule has 0 fully saturated rings. The third kappa shape index (κ3) is 3.07. The van der Waals surface area contributed by atoms with E-state index in [2.05, 4.69) is 0 Å². The number of carbonyl (C=O) groups excluding carboxylic acids is 2. The molecule has 0 N–H and O–H groups in total. The van der Waals surface area contributed by atoms with E-state index >= 15 is 0 Å². The Kier molecular flexibility index (Phi) is 3.77. The van der Waals surface area contributed by atoms with Gasteiger partial charge in [-0.05, 0) is 45.9 Å². The fourth-order valence-electron chi connectivity index (χ4n) is 2.08. The summed E-state index contributed by atoms with van der Waals surface area (Å²) in [5, 5.41) is 0.808. The van der Waals surface area contributed by atoms with E-state index in [-0.39, 0.29) is 5.78 Å². The number of nitrogens with zero attached hydrogens (tertiary/aromatic N) is 1. The topological polar surface area (TPSA) is 57.5 Å². The van der Waals surface area contributed by atoms with Crippen LogP contribution < -0.4 is 4.74 Å². The molecule has 5 heteroatoms. The first-order valence-electron chi connectivity index (χ1n) is 6.66. The molecule has 1 heterocycles. The van der Waals surface area contributed by atoms with Crippen LogP contribution in [0.15, 0.2) is 24.4 Å². The molecule has 0 amide bonds. The Morgan fingerprint density at radius 3 is 2.38 bits per heavy atom. The van der Waals surface area contributed by atoms with Crippen LogP contribution >= 0.6 is 0 Å². The lowest BCUT2D eigenvalue weighted by Gasteiger charge is -2.20. The normalized spacial score (nSPS) is 11.5. The molecule has 0 bridgehead atoms. The van der Waals surface area contributed by atoms with Crippen LogP contribution in [-0.4, -0.2) is 29.2 Å². The van der Waals surface area contributed by atoms with Crippen molar-refractivity contribution in [3.63, 3.8) is 0 Å². The molecular formula is C16H19NO4. The van der Waals surface area contributed by atoms with E-state index < -0.39 is 11.7 Å². The number of benzene rings is 1. The van der Waals surface area contributed by atoms with Gasteiger partial charge in [0.15, 0.2) is 5.78 Å². The van der Waals surface area contributed by atoms with Gasteiger partial charge in [0.25, 0.3) is 0 Å². The summed E-state index contributed by atoms with van der Waals surface area (Å²) in [5.41, 5.74) is 0.479. The minimum Gasteiger partial charge on any atom is -0.496 e. The molecule has 0 aliphatic rings. The summed E-state index contributed by atoms with van der Waals surface area (Å²) in [5.74, 6) is 0.377. The average Bonchev–Trinajstić information content (AvgIpc) is 2.77. The van der Waals surface area contributed by atoms with Crippen LogP contribution in [0.4, 0.5) is 4.79 Å². The molecule has 0 atom stereocenters. The van der Waals surface area contributed by atoms with Crippen LogP contribution in [-0.2, 0) is 4.74 Å². The molecule has 112 valence electrons. The Morgan fingerprint density at radius 2 is 1.86 bits per heavy atom. The number of Topliss-reactive ketones (excluding diaryl/α,β-unsaturated/α-hetero) is 1. The van der Waals surface area contributed by atoms with Gasteiger partial charge in [0.2, 0.25) is 0 Å². The van der Waals surface area contributed by atoms with Crippen molar-refractivity contribution in [2.24, 2.45) is 0 Å². The monoisotopic (exact) mass is 289 g/mol. The first-order chi connectivity index (χ1) is 9.73. The highest BCUT2D eigenvalue weighted by molar-refractivity contribution is 6.02. The van der Waals surface area contributed by atoms with Crippen molar-refractivity contribution in [1.82, 2.24) is 4.57 Å². The lowest BCUT2D eigenvalue weighted by Crippen LogP contribution is -2.26. The van der Waals surface area contributed by atoms with Crippen molar-refractivity contribution in [1.29, 1.82) is 0 Å². The van der Waals surface area contributed by atoms with Crippen LogP contribution in [0.1, 0.15) is 38.1 Å². The van der Waals surface area contributed by atoms with Crippen molar-refractivity contribution in [2.75, 3.05) is 7.11 Å². The molecule has 2 aromatic rings. The van der Waals surface area contributed by atoms with Gasteiger partial charge in [-0.3, -0.25) is 9.36 Å². The van der Waals surface area contributed by atoms with Crippen LogP contribution in [0.5, 0.6) is 5.75 Å². The van der Waals surface area contributed by atoms with Crippen molar-refractivity contribution < 1.29 is 19.1 Å². The lowest BCUT2D eigenvalue weighted by molar-refractivity contribution is 0.0544. The molecule has 0 saturated heterocycles. The molecule has 0 spiro atoms.